The molecule has 0 radical (unpaired) electrons. The predicted octanol–water partition coefficient (Wildman–Crippen LogP) is 1.88. The van der Waals surface area contributed by atoms with Gasteiger partial charge in [-0.05, 0) is 26.3 Å². The number of hydrogen-bond acceptors (Lipinski definition) is 7. The van der Waals surface area contributed by atoms with Crippen molar-refractivity contribution >= 4 is 38.9 Å². The normalized spacial score (nSPS) is 11.1. The third-order valence-corrected chi connectivity index (χ3v) is 5.70. The van der Waals surface area contributed by atoms with E-state index >= 15 is 0 Å². The molecule has 0 aliphatic carbocycles. The van der Waals surface area contributed by atoms with Crippen LogP contribution in [0.25, 0.3) is 10.2 Å². The summed E-state index contributed by atoms with van der Waals surface area (Å²) in [4.78, 5) is 44.1. The van der Waals surface area contributed by atoms with Gasteiger partial charge in [0.1, 0.15) is 23.8 Å². The number of H-pyrrole nitrogens is 1. The van der Waals surface area contributed by atoms with Crippen LogP contribution in [0.15, 0.2) is 15.0 Å². The minimum Gasteiger partial charge on any atom is -0.456 e. The summed E-state index contributed by atoms with van der Waals surface area (Å²) in [6.07, 6.45) is 0. The van der Waals surface area contributed by atoms with E-state index in [1.807, 2.05) is 13.8 Å². The third kappa shape index (κ3) is 3.04. The molecular formula is C15H15N3O4S2. The molecule has 1 N–H and O–H groups in total. The highest BCUT2D eigenvalue weighted by molar-refractivity contribution is 7.18. The first-order valence-corrected chi connectivity index (χ1v) is 8.86. The fourth-order valence-corrected chi connectivity index (χ4v) is 4.07. The lowest BCUT2D eigenvalue weighted by atomic mass is 10.2. The average Bonchev–Trinajstić information content (AvgIpc) is 2.99. The van der Waals surface area contributed by atoms with Crippen LogP contribution in [-0.2, 0) is 22.7 Å². The number of carbonyl (C=O) groups is 1. The Hall–Kier alpha value is -2.26. The van der Waals surface area contributed by atoms with Crippen molar-refractivity contribution in [3.05, 3.63) is 47.4 Å². The van der Waals surface area contributed by atoms with Crippen molar-refractivity contribution in [2.75, 3.05) is 0 Å². The van der Waals surface area contributed by atoms with Crippen LogP contribution in [0.1, 0.15) is 22.0 Å². The van der Waals surface area contributed by atoms with Gasteiger partial charge in [-0.15, -0.1) is 11.3 Å². The summed E-state index contributed by atoms with van der Waals surface area (Å²) in [5.41, 5.74) is 1.39. The molecule has 126 valence electrons. The average molecular weight is 365 g/mol. The molecule has 0 saturated carbocycles. The molecule has 0 saturated heterocycles. The maximum Gasteiger partial charge on any atom is 0.326 e. The molecule has 0 bridgehead atoms. The summed E-state index contributed by atoms with van der Waals surface area (Å²) in [6, 6.07) is 0. The zero-order chi connectivity index (χ0) is 17.4. The van der Waals surface area contributed by atoms with E-state index in [-0.39, 0.29) is 29.4 Å². The van der Waals surface area contributed by atoms with Gasteiger partial charge >= 0.3 is 10.8 Å². The highest BCUT2D eigenvalue weighted by Crippen LogP contribution is 2.25. The second-order valence-electron chi connectivity index (χ2n) is 5.37. The number of thiazole rings is 1. The second kappa shape index (κ2) is 6.33. The minimum absolute atomic E-state index is 0.141. The van der Waals surface area contributed by atoms with Crippen LogP contribution in [0.4, 0.5) is 0 Å². The summed E-state index contributed by atoms with van der Waals surface area (Å²) >= 11 is 2.47. The number of thiophene rings is 1. The van der Waals surface area contributed by atoms with Crippen LogP contribution < -0.4 is 10.4 Å². The van der Waals surface area contributed by atoms with Crippen LogP contribution in [-0.4, -0.2) is 20.5 Å². The summed E-state index contributed by atoms with van der Waals surface area (Å²) < 4.78 is 6.48. The van der Waals surface area contributed by atoms with E-state index in [0.29, 0.717) is 15.9 Å². The van der Waals surface area contributed by atoms with Gasteiger partial charge in [0.2, 0.25) is 0 Å². The van der Waals surface area contributed by atoms with Gasteiger partial charge in [-0.3, -0.25) is 19.0 Å². The zero-order valence-corrected chi connectivity index (χ0v) is 15.0. The van der Waals surface area contributed by atoms with E-state index in [9.17, 15) is 14.4 Å². The van der Waals surface area contributed by atoms with Crippen molar-refractivity contribution in [1.29, 1.82) is 0 Å². The zero-order valence-electron chi connectivity index (χ0n) is 13.3. The van der Waals surface area contributed by atoms with Gasteiger partial charge in [-0.25, -0.2) is 4.98 Å². The van der Waals surface area contributed by atoms with Gasteiger partial charge in [-0.1, -0.05) is 11.3 Å². The van der Waals surface area contributed by atoms with Gasteiger partial charge < -0.3 is 9.72 Å². The number of aromatic nitrogens is 3. The van der Waals surface area contributed by atoms with Crippen LogP contribution >= 0.6 is 22.7 Å². The minimum atomic E-state index is -0.556. The lowest BCUT2D eigenvalue weighted by Gasteiger charge is -2.06. The molecule has 0 fully saturated rings. The first kappa shape index (κ1) is 16.6. The largest absolute Gasteiger partial charge is 0.456 e. The first-order chi connectivity index (χ1) is 11.4. The van der Waals surface area contributed by atoms with Gasteiger partial charge in [0.25, 0.3) is 5.56 Å². The summed E-state index contributed by atoms with van der Waals surface area (Å²) in [5, 5.41) is 2.26. The molecule has 7 nitrogen and oxygen atoms in total. The number of aryl methyl sites for hydroxylation is 3. The van der Waals surface area contributed by atoms with Crippen LogP contribution in [0.3, 0.4) is 0 Å². The van der Waals surface area contributed by atoms with Crippen molar-refractivity contribution in [1.82, 2.24) is 14.5 Å². The highest BCUT2D eigenvalue weighted by atomic mass is 32.1. The Morgan fingerprint density at radius 3 is 2.75 bits per heavy atom. The molecule has 3 heterocycles. The van der Waals surface area contributed by atoms with Gasteiger partial charge in [0.05, 0.1) is 5.39 Å². The number of nitrogens with zero attached hydrogens (tertiary/aromatic N) is 2. The molecule has 3 aromatic heterocycles. The Morgan fingerprint density at radius 2 is 2.08 bits per heavy atom. The molecule has 0 amide bonds. The number of esters is 1. The highest BCUT2D eigenvalue weighted by Gasteiger charge is 2.14. The van der Waals surface area contributed by atoms with Crippen molar-refractivity contribution < 1.29 is 9.53 Å². The van der Waals surface area contributed by atoms with Crippen LogP contribution in [0.2, 0.25) is 0 Å². The molecule has 0 aliphatic heterocycles. The Labute approximate surface area is 144 Å². The summed E-state index contributed by atoms with van der Waals surface area (Å²) in [6.45, 7) is 5.27. The quantitative estimate of drug-likeness (QED) is 0.713. The van der Waals surface area contributed by atoms with Crippen molar-refractivity contribution in [3.8, 4) is 0 Å². The molecule has 3 rings (SSSR count). The number of carbonyl (C=O) groups excluding carboxylic acids is 1. The van der Waals surface area contributed by atoms with E-state index in [0.717, 1.165) is 21.8 Å². The van der Waals surface area contributed by atoms with Gasteiger partial charge in [0.15, 0.2) is 0 Å². The Morgan fingerprint density at radius 1 is 1.33 bits per heavy atom. The molecule has 0 aromatic carbocycles. The van der Waals surface area contributed by atoms with Crippen LogP contribution in [0, 0.1) is 20.8 Å². The van der Waals surface area contributed by atoms with Gasteiger partial charge in [0, 0.05) is 16.0 Å². The molecular weight excluding hydrogens is 350 g/mol. The summed E-state index contributed by atoms with van der Waals surface area (Å²) in [5.74, 6) is -0.267. The standard InChI is InChI=1S/C15H15N3O4S2/c1-7-6-23-15(21)18(7)4-11(19)22-5-10-16-13(20)12-8(2)9(3)24-14(12)17-10/h6H,4-5H2,1-3H3,(H,16,17,20). The van der Waals surface area contributed by atoms with E-state index < -0.39 is 5.97 Å². The number of rotatable bonds is 4. The topological polar surface area (TPSA) is 94.0 Å². The Bertz CT molecular complexity index is 1040. The maximum absolute atomic E-state index is 12.2. The number of hydrogen-bond donors (Lipinski definition) is 1. The number of fused-ring (bicyclic) bond motifs is 1. The lowest BCUT2D eigenvalue weighted by molar-refractivity contribution is -0.146. The van der Waals surface area contributed by atoms with Crippen molar-refractivity contribution in [3.63, 3.8) is 0 Å². The van der Waals surface area contributed by atoms with Crippen molar-refractivity contribution in [2.45, 2.75) is 33.9 Å². The smallest absolute Gasteiger partial charge is 0.326 e. The van der Waals surface area contributed by atoms with Gasteiger partial charge in [-0.2, -0.15) is 0 Å². The fourth-order valence-electron chi connectivity index (χ4n) is 2.29. The Balaban J connectivity index is 1.75. The van der Waals surface area contributed by atoms with E-state index in [1.54, 1.807) is 12.3 Å². The monoisotopic (exact) mass is 365 g/mol. The molecule has 0 unspecified atom stereocenters. The lowest BCUT2D eigenvalue weighted by Crippen LogP contribution is -2.22. The maximum atomic E-state index is 12.2. The molecule has 9 heteroatoms. The third-order valence-electron chi connectivity index (χ3n) is 3.72. The second-order valence-corrected chi connectivity index (χ2v) is 7.39. The molecule has 3 aromatic rings. The fraction of sp³-hybridized carbons (Fsp3) is 0.333. The predicted molar refractivity (Wildman–Crippen MR) is 92.8 cm³/mol. The number of aromatic amines is 1. The summed E-state index contributed by atoms with van der Waals surface area (Å²) in [7, 11) is 0. The SMILES string of the molecule is Cc1sc2nc(COC(=O)Cn3c(C)csc3=O)[nH]c(=O)c2c1C. The van der Waals surface area contributed by atoms with E-state index in [2.05, 4.69) is 9.97 Å². The number of ether oxygens (including phenoxy) is 1. The van der Waals surface area contributed by atoms with E-state index in [1.165, 1.54) is 15.9 Å². The van der Waals surface area contributed by atoms with Crippen LogP contribution in [0.5, 0.6) is 0 Å². The van der Waals surface area contributed by atoms with Crippen molar-refractivity contribution in [2.24, 2.45) is 0 Å². The molecule has 0 aliphatic rings. The first-order valence-electron chi connectivity index (χ1n) is 7.16. The molecule has 0 atom stereocenters. The Kier molecular flexibility index (Phi) is 4.37. The van der Waals surface area contributed by atoms with E-state index in [4.69, 9.17) is 4.74 Å². The molecule has 24 heavy (non-hydrogen) atoms. The number of nitrogens with one attached hydrogen (secondary N) is 1. The molecule has 0 spiro atoms.